The van der Waals surface area contributed by atoms with Gasteiger partial charge in [0.1, 0.15) is 0 Å². The third-order valence-corrected chi connectivity index (χ3v) is 2.44. The Morgan fingerprint density at radius 2 is 2.13 bits per heavy atom. The summed E-state index contributed by atoms with van der Waals surface area (Å²) in [4.78, 5) is 2.03. The summed E-state index contributed by atoms with van der Waals surface area (Å²) in [7, 11) is 1.66. The van der Waals surface area contributed by atoms with Crippen molar-refractivity contribution in [3.8, 4) is 0 Å². The van der Waals surface area contributed by atoms with Crippen molar-refractivity contribution in [2.45, 2.75) is 6.92 Å². The van der Waals surface area contributed by atoms with Crippen LogP contribution in [0.3, 0.4) is 0 Å². The molecule has 0 atom stereocenters. The molecular weight excluding hydrogens is 237 g/mol. The number of hydrogen-bond acceptors (Lipinski definition) is 4. The van der Waals surface area contributed by atoms with Gasteiger partial charge in [-0.2, -0.15) is 0 Å². The lowest BCUT2D eigenvalue weighted by Gasteiger charge is -2.22. The Hall–Kier alpha value is -0.580. The Bertz CT molecular complexity index is 322. The van der Waals surface area contributed by atoms with Crippen molar-refractivity contribution in [2.24, 2.45) is 0 Å². The Morgan fingerprint density at radius 3 is 2.73 bits per heavy atom. The van der Waals surface area contributed by atoms with Gasteiger partial charge >= 0.3 is 0 Å². The van der Waals surface area contributed by atoms with Gasteiger partial charge in [-0.25, -0.2) is 0 Å². The molecule has 0 aliphatic rings. The molecule has 0 unspecified atom stereocenters. The van der Waals surface area contributed by atoms with E-state index >= 15 is 0 Å². The predicted octanol–water partition coefficient (Wildman–Crippen LogP) is 2.26. The fourth-order valence-electron chi connectivity index (χ4n) is 1.22. The number of ether oxygens (including phenoxy) is 1. The highest BCUT2D eigenvalue weighted by Gasteiger charge is 2.10. The molecule has 1 aromatic heterocycles. The van der Waals surface area contributed by atoms with E-state index < -0.39 is 0 Å². The van der Waals surface area contributed by atoms with Crippen LogP contribution >= 0.6 is 23.2 Å². The van der Waals surface area contributed by atoms with E-state index in [1.165, 1.54) is 0 Å². The lowest BCUT2D eigenvalue weighted by molar-refractivity contribution is 0.205. The van der Waals surface area contributed by atoms with Crippen molar-refractivity contribution in [2.75, 3.05) is 31.7 Å². The van der Waals surface area contributed by atoms with Crippen LogP contribution in [-0.4, -0.2) is 37.0 Å². The van der Waals surface area contributed by atoms with Gasteiger partial charge in [-0.05, 0) is 6.92 Å². The highest BCUT2D eigenvalue weighted by Crippen LogP contribution is 2.24. The summed E-state index contributed by atoms with van der Waals surface area (Å²) in [6, 6.07) is 1.70. The Labute approximate surface area is 99.1 Å². The second-order valence-corrected chi connectivity index (χ2v) is 3.66. The monoisotopic (exact) mass is 249 g/mol. The molecule has 0 bridgehead atoms. The molecule has 0 spiro atoms. The van der Waals surface area contributed by atoms with E-state index in [2.05, 4.69) is 10.2 Å². The maximum absolute atomic E-state index is 5.93. The van der Waals surface area contributed by atoms with Gasteiger partial charge < -0.3 is 9.64 Å². The van der Waals surface area contributed by atoms with Crippen molar-refractivity contribution < 1.29 is 4.74 Å². The zero-order chi connectivity index (χ0) is 11.3. The predicted molar refractivity (Wildman–Crippen MR) is 61.8 cm³/mol. The van der Waals surface area contributed by atoms with Crippen LogP contribution in [0.15, 0.2) is 6.07 Å². The summed E-state index contributed by atoms with van der Waals surface area (Å²) in [6.45, 7) is 4.21. The van der Waals surface area contributed by atoms with Gasteiger partial charge in [-0.3, -0.25) is 0 Å². The van der Waals surface area contributed by atoms with Gasteiger partial charge in [-0.15, -0.1) is 10.2 Å². The van der Waals surface area contributed by atoms with E-state index in [1.54, 1.807) is 13.2 Å². The molecule has 4 nitrogen and oxygen atoms in total. The summed E-state index contributed by atoms with van der Waals surface area (Å²) < 4.78 is 5.01. The van der Waals surface area contributed by atoms with Gasteiger partial charge in [0.05, 0.1) is 12.3 Å². The highest BCUT2D eigenvalue weighted by atomic mass is 35.5. The first-order valence-electron chi connectivity index (χ1n) is 4.61. The average Bonchev–Trinajstić information content (AvgIpc) is 2.24. The second-order valence-electron chi connectivity index (χ2n) is 2.92. The number of hydrogen-bond donors (Lipinski definition) is 0. The van der Waals surface area contributed by atoms with Crippen LogP contribution in [0.25, 0.3) is 0 Å². The minimum absolute atomic E-state index is 0.338. The van der Waals surface area contributed by atoms with Crippen molar-refractivity contribution in [3.05, 3.63) is 16.4 Å². The highest BCUT2D eigenvalue weighted by molar-refractivity contribution is 6.33. The SMILES string of the molecule is CCN(CCOC)c1cc(Cl)nnc1Cl. The minimum atomic E-state index is 0.338. The van der Waals surface area contributed by atoms with Crippen molar-refractivity contribution >= 4 is 28.9 Å². The van der Waals surface area contributed by atoms with E-state index in [0.717, 1.165) is 18.8 Å². The quantitative estimate of drug-likeness (QED) is 0.803. The zero-order valence-corrected chi connectivity index (χ0v) is 10.2. The topological polar surface area (TPSA) is 38.2 Å². The largest absolute Gasteiger partial charge is 0.383 e. The molecule has 6 heteroatoms. The Morgan fingerprint density at radius 1 is 1.40 bits per heavy atom. The molecule has 0 aliphatic carbocycles. The molecular formula is C9H13Cl2N3O. The number of rotatable bonds is 5. The lowest BCUT2D eigenvalue weighted by Crippen LogP contribution is -2.27. The molecule has 0 saturated heterocycles. The third kappa shape index (κ3) is 3.48. The lowest BCUT2D eigenvalue weighted by atomic mass is 10.4. The zero-order valence-electron chi connectivity index (χ0n) is 8.70. The van der Waals surface area contributed by atoms with Crippen LogP contribution in [0.4, 0.5) is 5.69 Å². The number of likely N-dealkylation sites (N-methyl/N-ethyl adjacent to an activating group) is 1. The molecule has 1 rings (SSSR count). The van der Waals surface area contributed by atoms with Crippen LogP contribution in [-0.2, 0) is 4.74 Å². The van der Waals surface area contributed by atoms with E-state index in [9.17, 15) is 0 Å². The molecule has 0 amide bonds. The molecule has 0 saturated carbocycles. The molecule has 0 radical (unpaired) electrons. The second kappa shape index (κ2) is 6.10. The first kappa shape index (κ1) is 12.5. The molecule has 15 heavy (non-hydrogen) atoms. The van der Waals surface area contributed by atoms with Crippen LogP contribution in [0.1, 0.15) is 6.92 Å². The van der Waals surface area contributed by atoms with E-state index in [-0.39, 0.29) is 0 Å². The summed E-state index contributed by atoms with van der Waals surface area (Å²) >= 11 is 11.7. The fraction of sp³-hybridized carbons (Fsp3) is 0.556. The number of methoxy groups -OCH3 is 1. The van der Waals surface area contributed by atoms with Crippen LogP contribution in [0, 0.1) is 0 Å². The van der Waals surface area contributed by atoms with E-state index in [1.807, 2.05) is 11.8 Å². The number of halogens is 2. The molecule has 1 aromatic rings. The normalized spacial score (nSPS) is 10.4. The Kier molecular flexibility index (Phi) is 5.08. The molecule has 84 valence electrons. The van der Waals surface area contributed by atoms with E-state index in [0.29, 0.717) is 16.9 Å². The van der Waals surface area contributed by atoms with Gasteiger partial charge in [0.15, 0.2) is 10.3 Å². The maximum atomic E-state index is 5.93. The molecule has 0 aromatic carbocycles. The summed E-state index contributed by atoms with van der Waals surface area (Å²) in [5, 5.41) is 8.12. The van der Waals surface area contributed by atoms with Crippen molar-refractivity contribution in [1.29, 1.82) is 0 Å². The van der Waals surface area contributed by atoms with Crippen LogP contribution in [0.5, 0.6) is 0 Å². The van der Waals surface area contributed by atoms with Gasteiger partial charge in [0, 0.05) is 26.3 Å². The van der Waals surface area contributed by atoms with Crippen molar-refractivity contribution in [3.63, 3.8) is 0 Å². The number of aromatic nitrogens is 2. The smallest absolute Gasteiger partial charge is 0.175 e. The third-order valence-electron chi connectivity index (χ3n) is 1.99. The van der Waals surface area contributed by atoms with Gasteiger partial charge in [0.25, 0.3) is 0 Å². The first-order chi connectivity index (χ1) is 7.19. The molecule has 1 heterocycles. The van der Waals surface area contributed by atoms with Gasteiger partial charge in [0.2, 0.25) is 0 Å². The molecule has 0 aliphatic heterocycles. The van der Waals surface area contributed by atoms with Crippen LogP contribution in [0.2, 0.25) is 10.3 Å². The summed E-state index contributed by atoms with van der Waals surface area (Å²) in [5.74, 6) is 0. The van der Waals surface area contributed by atoms with Crippen LogP contribution < -0.4 is 4.90 Å². The number of anilines is 1. The maximum Gasteiger partial charge on any atom is 0.175 e. The molecule has 0 fully saturated rings. The number of nitrogens with zero attached hydrogens (tertiary/aromatic N) is 3. The molecule has 0 N–H and O–H groups in total. The Balaban J connectivity index is 2.85. The standard InChI is InChI=1S/C9H13Cl2N3O/c1-3-14(4-5-15-2)7-6-8(10)12-13-9(7)11/h6H,3-5H2,1-2H3. The summed E-state index contributed by atoms with van der Waals surface area (Å²) in [6.07, 6.45) is 0. The summed E-state index contributed by atoms with van der Waals surface area (Å²) in [5.41, 5.74) is 0.788. The average molecular weight is 250 g/mol. The fourth-order valence-corrected chi connectivity index (χ4v) is 1.57. The van der Waals surface area contributed by atoms with E-state index in [4.69, 9.17) is 27.9 Å². The minimum Gasteiger partial charge on any atom is -0.383 e. The van der Waals surface area contributed by atoms with Gasteiger partial charge in [-0.1, -0.05) is 23.2 Å². The van der Waals surface area contributed by atoms with Crippen molar-refractivity contribution in [1.82, 2.24) is 10.2 Å². The first-order valence-corrected chi connectivity index (χ1v) is 5.37.